The normalized spacial score (nSPS) is 10.5. The van der Waals surface area contributed by atoms with Crippen molar-refractivity contribution in [3.05, 3.63) is 54.1 Å². The highest BCUT2D eigenvalue weighted by Gasteiger charge is 2.10. The molecule has 0 spiro atoms. The van der Waals surface area contributed by atoms with Crippen LogP contribution in [0.2, 0.25) is 0 Å². The fraction of sp³-hybridized carbons (Fsp3) is 0.125. The molecule has 2 aromatic rings. The molecule has 3 N–H and O–H groups in total. The number of alkyl halides is 2. The van der Waals surface area contributed by atoms with Crippen molar-refractivity contribution in [2.45, 2.75) is 10.7 Å². The fourth-order valence-corrected chi connectivity index (χ4v) is 2.25. The van der Waals surface area contributed by atoms with Gasteiger partial charge in [-0.25, -0.2) is 4.79 Å². The summed E-state index contributed by atoms with van der Waals surface area (Å²) >= 11 is 0.414. The van der Waals surface area contributed by atoms with Crippen LogP contribution in [0.5, 0.6) is 0 Å². The van der Waals surface area contributed by atoms with E-state index in [0.29, 0.717) is 28.0 Å². The summed E-state index contributed by atoms with van der Waals surface area (Å²) in [7, 11) is 0. The van der Waals surface area contributed by atoms with E-state index in [2.05, 4.69) is 5.32 Å². The zero-order chi connectivity index (χ0) is 17.5. The van der Waals surface area contributed by atoms with Gasteiger partial charge in [0.2, 0.25) is 0 Å². The van der Waals surface area contributed by atoms with Gasteiger partial charge in [-0.3, -0.25) is 4.79 Å². The molecule has 0 radical (unpaired) electrons. The molecule has 126 valence electrons. The molecule has 8 heteroatoms. The van der Waals surface area contributed by atoms with Crippen LogP contribution in [-0.4, -0.2) is 24.2 Å². The SMILES string of the molecule is Nc1ccc(C(=O)OCC(=O)Nc2ccc(SC(F)F)cc2)cc1. The molecule has 0 bridgehead atoms. The van der Waals surface area contributed by atoms with Crippen LogP contribution in [0.3, 0.4) is 0 Å². The Kier molecular flexibility index (Phi) is 6.14. The van der Waals surface area contributed by atoms with Crippen LogP contribution in [0, 0.1) is 0 Å². The van der Waals surface area contributed by atoms with E-state index in [1.165, 1.54) is 36.4 Å². The van der Waals surface area contributed by atoms with E-state index in [1.54, 1.807) is 12.1 Å². The third kappa shape index (κ3) is 5.54. The minimum atomic E-state index is -2.50. The first kappa shape index (κ1) is 17.7. The predicted octanol–water partition coefficient (Wildman–Crippen LogP) is 3.38. The van der Waals surface area contributed by atoms with Crippen LogP contribution in [0.25, 0.3) is 0 Å². The summed E-state index contributed by atoms with van der Waals surface area (Å²) < 4.78 is 29.3. The summed E-state index contributed by atoms with van der Waals surface area (Å²) in [6.07, 6.45) is 0. The topological polar surface area (TPSA) is 81.4 Å². The maximum absolute atomic E-state index is 12.2. The molecule has 0 aliphatic heterocycles. The summed E-state index contributed by atoms with van der Waals surface area (Å²) in [6, 6.07) is 12.0. The van der Waals surface area contributed by atoms with E-state index >= 15 is 0 Å². The predicted molar refractivity (Wildman–Crippen MR) is 88.1 cm³/mol. The second-order valence-electron chi connectivity index (χ2n) is 4.65. The van der Waals surface area contributed by atoms with Crippen molar-refractivity contribution in [1.82, 2.24) is 0 Å². The van der Waals surface area contributed by atoms with Crippen molar-refractivity contribution in [2.75, 3.05) is 17.7 Å². The molecule has 0 atom stereocenters. The van der Waals surface area contributed by atoms with Crippen LogP contribution < -0.4 is 11.1 Å². The highest BCUT2D eigenvalue weighted by Crippen LogP contribution is 2.26. The number of carbonyl (C=O) groups excluding carboxylic acids is 2. The summed E-state index contributed by atoms with van der Waals surface area (Å²) in [5.74, 6) is -3.68. The molecule has 0 saturated carbocycles. The van der Waals surface area contributed by atoms with E-state index in [1.807, 2.05) is 0 Å². The summed E-state index contributed by atoms with van der Waals surface area (Å²) in [5.41, 5.74) is 6.73. The average Bonchev–Trinajstić information content (AvgIpc) is 2.54. The molecular formula is C16H14F2N2O3S. The van der Waals surface area contributed by atoms with E-state index in [4.69, 9.17) is 10.5 Å². The summed E-state index contributed by atoms with van der Waals surface area (Å²) in [4.78, 5) is 23.9. The molecule has 0 fully saturated rings. The molecule has 0 aromatic heterocycles. The maximum atomic E-state index is 12.2. The largest absolute Gasteiger partial charge is 0.452 e. The maximum Gasteiger partial charge on any atom is 0.338 e. The highest BCUT2D eigenvalue weighted by atomic mass is 32.2. The van der Waals surface area contributed by atoms with Gasteiger partial charge in [-0.1, -0.05) is 11.8 Å². The second-order valence-corrected chi connectivity index (χ2v) is 5.71. The Balaban J connectivity index is 1.82. The van der Waals surface area contributed by atoms with Crippen LogP contribution in [0.15, 0.2) is 53.4 Å². The molecule has 0 heterocycles. The van der Waals surface area contributed by atoms with Gasteiger partial charge in [0.25, 0.3) is 11.7 Å². The second kappa shape index (κ2) is 8.30. The fourth-order valence-electron chi connectivity index (χ4n) is 1.75. The number of hydrogen-bond donors (Lipinski definition) is 2. The Morgan fingerprint density at radius 3 is 2.29 bits per heavy atom. The lowest BCUT2D eigenvalue weighted by atomic mass is 10.2. The van der Waals surface area contributed by atoms with Gasteiger partial charge in [-0.2, -0.15) is 8.78 Å². The lowest BCUT2D eigenvalue weighted by molar-refractivity contribution is -0.119. The highest BCUT2D eigenvalue weighted by molar-refractivity contribution is 7.99. The Labute approximate surface area is 141 Å². The van der Waals surface area contributed by atoms with Gasteiger partial charge in [0.05, 0.1) is 5.56 Å². The zero-order valence-electron chi connectivity index (χ0n) is 12.4. The van der Waals surface area contributed by atoms with Gasteiger partial charge in [0.15, 0.2) is 6.61 Å². The van der Waals surface area contributed by atoms with Gasteiger partial charge in [-0.15, -0.1) is 0 Å². The van der Waals surface area contributed by atoms with Crippen LogP contribution >= 0.6 is 11.8 Å². The zero-order valence-corrected chi connectivity index (χ0v) is 13.2. The van der Waals surface area contributed by atoms with E-state index in [0.717, 1.165) is 0 Å². The molecular weight excluding hydrogens is 338 g/mol. The molecule has 2 rings (SSSR count). The monoisotopic (exact) mass is 352 g/mol. The van der Waals surface area contributed by atoms with Gasteiger partial charge in [-0.05, 0) is 48.5 Å². The van der Waals surface area contributed by atoms with Crippen molar-refractivity contribution in [2.24, 2.45) is 0 Å². The third-order valence-electron chi connectivity index (χ3n) is 2.84. The number of nitrogens with one attached hydrogen (secondary N) is 1. The number of esters is 1. The minimum Gasteiger partial charge on any atom is -0.452 e. The van der Waals surface area contributed by atoms with Crippen molar-refractivity contribution in [3.8, 4) is 0 Å². The molecule has 2 aromatic carbocycles. The number of anilines is 2. The molecule has 24 heavy (non-hydrogen) atoms. The van der Waals surface area contributed by atoms with Crippen molar-refractivity contribution >= 4 is 35.0 Å². The van der Waals surface area contributed by atoms with Crippen LogP contribution in [-0.2, 0) is 9.53 Å². The Morgan fingerprint density at radius 2 is 1.71 bits per heavy atom. The number of hydrogen-bond acceptors (Lipinski definition) is 5. The van der Waals surface area contributed by atoms with Crippen molar-refractivity contribution in [1.29, 1.82) is 0 Å². The summed E-state index contributed by atoms with van der Waals surface area (Å²) in [6.45, 7) is -0.462. The van der Waals surface area contributed by atoms with E-state index in [-0.39, 0.29) is 5.56 Å². The first-order valence-electron chi connectivity index (χ1n) is 6.81. The molecule has 1 amide bonds. The molecule has 0 aliphatic rings. The molecule has 0 unspecified atom stereocenters. The quantitative estimate of drug-likeness (QED) is 0.473. The average molecular weight is 352 g/mol. The number of benzene rings is 2. The van der Waals surface area contributed by atoms with Gasteiger partial charge < -0.3 is 15.8 Å². The number of nitrogens with two attached hydrogens (primary N) is 1. The van der Waals surface area contributed by atoms with E-state index in [9.17, 15) is 18.4 Å². The van der Waals surface area contributed by atoms with Crippen LogP contribution in [0.4, 0.5) is 20.2 Å². The number of amides is 1. The first-order valence-corrected chi connectivity index (χ1v) is 7.69. The van der Waals surface area contributed by atoms with Crippen molar-refractivity contribution in [3.63, 3.8) is 0 Å². The standard InChI is InChI=1S/C16H14F2N2O3S/c17-16(18)24-13-7-5-12(6-8-13)20-14(21)9-23-15(22)10-1-3-11(19)4-2-10/h1-8,16H,9,19H2,(H,20,21). The number of ether oxygens (including phenoxy) is 1. The first-order chi connectivity index (χ1) is 11.4. The molecule has 5 nitrogen and oxygen atoms in total. The number of thioether (sulfide) groups is 1. The lowest BCUT2D eigenvalue weighted by Gasteiger charge is -2.07. The Morgan fingerprint density at radius 1 is 1.08 bits per heavy atom. The van der Waals surface area contributed by atoms with Crippen molar-refractivity contribution < 1.29 is 23.1 Å². The lowest BCUT2D eigenvalue weighted by Crippen LogP contribution is -2.20. The minimum absolute atomic E-state index is 0.283. The Bertz CT molecular complexity index is 706. The third-order valence-corrected chi connectivity index (χ3v) is 3.57. The summed E-state index contributed by atoms with van der Waals surface area (Å²) in [5, 5.41) is 2.51. The number of nitrogen functional groups attached to an aromatic ring is 1. The Hall–Kier alpha value is -2.61. The molecule has 0 aliphatic carbocycles. The number of rotatable bonds is 6. The smallest absolute Gasteiger partial charge is 0.338 e. The van der Waals surface area contributed by atoms with Gasteiger partial charge in [0.1, 0.15) is 0 Å². The number of carbonyl (C=O) groups is 2. The molecule has 0 saturated heterocycles. The van der Waals surface area contributed by atoms with E-state index < -0.39 is 24.2 Å². The van der Waals surface area contributed by atoms with Gasteiger partial charge in [0, 0.05) is 16.3 Å². The van der Waals surface area contributed by atoms with Gasteiger partial charge >= 0.3 is 5.97 Å². The van der Waals surface area contributed by atoms with Crippen LogP contribution in [0.1, 0.15) is 10.4 Å². The number of halogens is 2.